The van der Waals surface area contributed by atoms with Crippen LogP contribution in [0.3, 0.4) is 0 Å². The molecule has 0 radical (unpaired) electrons. The lowest BCUT2D eigenvalue weighted by Gasteiger charge is -2.36. The molecular formula is C21H25FN2O3. The van der Waals surface area contributed by atoms with E-state index in [0.29, 0.717) is 50.2 Å². The third kappa shape index (κ3) is 4.50. The lowest BCUT2D eigenvalue weighted by molar-refractivity contribution is 0.0386. The summed E-state index contributed by atoms with van der Waals surface area (Å²) < 4.78 is 25.4. The molecule has 1 saturated heterocycles. The lowest BCUT2D eigenvalue weighted by atomic mass is 9.93. The second-order valence-electron chi connectivity index (χ2n) is 7.51. The maximum absolute atomic E-state index is 15.1. The van der Waals surface area contributed by atoms with E-state index in [9.17, 15) is 4.79 Å². The molecule has 5 nitrogen and oxygen atoms in total. The fraction of sp³-hybridized carbons (Fsp3) is 0.476. The summed E-state index contributed by atoms with van der Waals surface area (Å²) in [6.45, 7) is 1.20. The van der Waals surface area contributed by atoms with E-state index >= 15 is 4.39 Å². The number of ether oxygens (including phenoxy) is 1. The number of likely N-dealkylation sites (tertiary alicyclic amines) is 1. The van der Waals surface area contributed by atoms with Crippen LogP contribution < -0.4 is 5.32 Å². The van der Waals surface area contributed by atoms with Crippen molar-refractivity contribution >= 4 is 6.09 Å². The monoisotopic (exact) mass is 372 g/mol. The van der Waals surface area contributed by atoms with Gasteiger partial charge in [-0.2, -0.15) is 0 Å². The molecule has 27 heavy (non-hydrogen) atoms. The van der Waals surface area contributed by atoms with E-state index in [-0.39, 0.29) is 6.61 Å². The van der Waals surface area contributed by atoms with Crippen LogP contribution in [0.15, 0.2) is 53.1 Å². The molecule has 2 heterocycles. The number of alkyl halides is 1. The Hall–Kier alpha value is -2.34. The summed E-state index contributed by atoms with van der Waals surface area (Å²) >= 11 is 0. The number of piperidine rings is 1. The lowest BCUT2D eigenvalue weighted by Crippen LogP contribution is -2.49. The Balaban J connectivity index is 1.18. The van der Waals surface area contributed by atoms with Gasteiger partial charge in [0.25, 0.3) is 0 Å². The molecule has 1 aliphatic heterocycles. The fourth-order valence-electron chi connectivity index (χ4n) is 3.69. The highest BCUT2D eigenvalue weighted by molar-refractivity contribution is 5.67. The minimum Gasteiger partial charge on any atom is -0.466 e. The van der Waals surface area contributed by atoms with Crippen molar-refractivity contribution in [2.45, 2.75) is 43.5 Å². The van der Waals surface area contributed by atoms with Crippen molar-refractivity contribution in [1.29, 1.82) is 0 Å². The zero-order valence-corrected chi connectivity index (χ0v) is 15.3. The number of amides is 1. The Kier molecular flexibility index (Phi) is 5.16. The Morgan fingerprint density at radius 1 is 1.22 bits per heavy atom. The van der Waals surface area contributed by atoms with Crippen molar-refractivity contribution in [3.63, 3.8) is 0 Å². The number of nitrogens with one attached hydrogen (secondary N) is 1. The van der Waals surface area contributed by atoms with Crippen LogP contribution in [0.25, 0.3) is 0 Å². The van der Waals surface area contributed by atoms with Gasteiger partial charge < -0.3 is 19.4 Å². The van der Waals surface area contributed by atoms with Crippen LogP contribution in [0.5, 0.6) is 0 Å². The smallest absolute Gasteiger partial charge is 0.410 e. The van der Waals surface area contributed by atoms with Crippen molar-refractivity contribution in [2.75, 3.05) is 19.6 Å². The van der Waals surface area contributed by atoms with E-state index in [0.717, 1.165) is 6.42 Å². The third-order valence-electron chi connectivity index (χ3n) is 5.53. The minimum absolute atomic E-state index is 0.104. The van der Waals surface area contributed by atoms with Crippen LogP contribution in [-0.4, -0.2) is 42.3 Å². The number of halogens is 1. The number of carbonyl (C=O) groups is 1. The molecule has 1 saturated carbocycles. The molecule has 2 atom stereocenters. The van der Waals surface area contributed by atoms with Gasteiger partial charge in [0.2, 0.25) is 0 Å². The van der Waals surface area contributed by atoms with Crippen LogP contribution in [0, 0.1) is 0 Å². The van der Waals surface area contributed by atoms with Crippen LogP contribution >= 0.6 is 0 Å². The first-order chi connectivity index (χ1) is 13.1. The number of benzene rings is 1. The number of carbonyl (C=O) groups excluding carboxylic acids is 1. The van der Waals surface area contributed by atoms with E-state index in [1.165, 1.54) is 11.8 Å². The summed E-state index contributed by atoms with van der Waals surface area (Å²) in [7, 11) is 0. The van der Waals surface area contributed by atoms with Gasteiger partial charge in [-0.05, 0) is 24.1 Å². The van der Waals surface area contributed by atoms with Crippen molar-refractivity contribution in [3.05, 3.63) is 60.1 Å². The molecule has 1 amide bonds. The summed E-state index contributed by atoms with van der Waals surface area (Å²) in [4.78, 5) is 13.7. The molecule has 0 bridgehead atoms. The standard InChI is InChI=1S/C21H25FN2O3/c22-21(15-23-19-13-18(19)16-5-2-1-3-6-16)8-10-24(11-9-21)20(25)27-14-17-7-4-12-26-17/h1-7,12,18-19,23H,8-11,13-15H2/t18-,19+/m0/s1. The van der Waals surface area contributed by atoms with E-state index in [1.54, 1.807) is 17.0 Å². The second kappa shape index (κ2) is 7.72. The first kappa shape index (κ1) is 18.0. The number of nitrogens with zero attached hydrogens (tertiary/aromatic N) is 1. The number of rotatable bonds is 6. The van der Waals surface area contributed by atoms with Crippen molar-refractivity contribution in [3.8, 4) is 0 Å². The molecule has 1 N–H and O–H groups in total. The molecule has 4 rings (SSSR count). The summed E-state index contributed by atoms with van der Waals surface area (Å²) in [6, 6.07) is 14.2. The Labute approximate surface area is 158 Å². The summed E-state index contributed by atoms with van der Waals surface area (Å²) in [5.74, 6) is 1.09. The van der Waals surface area contributed by atoms with Gasteiger partial charge in [-0.15, -0.1) is 0 Å². The molecule has 2 fully saturated rings. The Morgan fingerprint density at radius 2 is 2.00 bits per heavy atom. The predicted octanol–water partition coefficient (Wildman–Crippen LogP) is 3.87. The van der Waals surface area contributed by atoms with Crippen molar-refractivity contribution < 1.29 is 18.3 Å². The molecule has 1 aromatic heterocycles. The molecule has 1 aliphatic carbocycles. The molecule has 2 aliphatic rings. The summed E-state index contributed by atoms with van der Waals surface area (Å²) in [5, 5.41) is 3.38. The van der Waals surface area contributed by atoms with Crippen molar-refractivity contribution in [1.82, 2.24) is 10.2 Å². The topological polar surface area (TPSA) is 54.7 Å². The molecule has 0 spiro atoms. The van der Waals surface area contributed by atoms with Gasteiger partial charge in [0.05, 0.1) is 6.26 Å². The van der Waals surface area contributed by atoms with Crippen LogP contribution in [-0.2, 0) is 11.3 Å². The highest BCUT2D eigenvalue weighted by Crippen LogP contribution is 2.41. The molecule has 144 valence electrons. The van der Waals surface area contributed by atoms with Crippen LogP contribution in [0.1, 0.15) is 36.5 Å². The average Bonchev–Trinajstić information content (AvgIpc) is 3.29. The number of furan rings is 1. The summed E-state index contributed by atoms with van der Waals surface area (Å²) in [6.07, 6.45) is 2.85. The largest absolute Gasteiger partial charge is 0.466 e. The van der Waals surface area contributed by atoms with Gasteiger partial charge in [-0.3, -0.25) is 0 Å². The van der Waals surface area contributed by atoms with Crippen LogP contribution in [0.2, 0.25) is 0 Å². The Morgan fingerprint density at radius 3 is 2.70 bits per heavy atom. The number of hydrogen-bond donors (Lipinski definition) is 1. The molecule has 0 unspecified atom stereocenters. The fourth-order valence-corrected chi connectivity index (χ4v) is 3.69. The SMILES string of the molecule is O=C(OCc1ccco1)N1CCC(F)(CN[C@@H]2C[C@H]2c2ccccc2)CC1. The van der Waals surface area contributed by atoms with Gasteiger partial charge in [-0.25, -0.2) is 9.18 Å². The maximum atomic E-state index is 15.1. The maximum Gasteiger partial charge on any atom is 0.410 e. The van der Waals surface area contributed by atoms with E-state index in [1.807, 2.05) is 18.2 Å². The van der Waals surface area contributed by atoms with Gasteiger partial charge in [-0.1, -0.05) is 30.3 Å². The first-order valence-corrected chi connectivity index (χ1v) is 9.54. The quantitative estimate of drug-likeness (QED) is 0.836. The number of hydrogen-bond acceptors (Lipinski definition) is 4. The molecular weight excluding hydrogens is 347 g/mol. The van der Waals surface area contributed by atoms with Crippen LogP contribution in [0.4, 0.5) is 9.18 Å². The molecule has 1 aromatic carbocycles. The molecule has 6 heteroatoms. The van der Waals surface area contributed by atoms with Crippen molar-refractivity contribution in [2.24, 2.45) is 0 Å². The average molecular weight is 372 g/mol. The predicted molar refractivity (Wildman–Crippen MR) is 99.1 cm³/mol. The van der Waals surface area contributed by atoms with Gasteiger partial charge in [0, 0.05) is 44.4 Å². The van der Waals surface area contributed by atoms with E-state index in [4.69, 9.17) is 9.15 Å². The van der Waals surface area contributed by atoms with Gasteiger partial charge in [0.15, 0.2) is 6.61 Å². The Bertz CT molecular complexity index is 742. The van der Waals surface area contributed by atoms with E-state index < -0.39 is 11.8 Å². The first-order valence-electron chi connectivity index (χ1n) is 9.54. The zero-order valence-electron chi connectivity index (χ0n) is 15.3. The van der Waals surface area contributed by atoms with Gasteiger partial charge in [0.1, 0.15) is 11.4 Å². The van der Waals surface area contributed by atoms with E-state index in [2.05, 4.69) is 17.4 Å². The molecule has 2 aromatic rings. The van der Waals surface area contributed by atoms with Gasteiger partial charge >= 0.3 is 6.09 Å². The highest BCUT2D eigenvalue weighted by atomic mass is 19.1. The summed E-state index contributed by atoms with van der Waals surface area (Å²) in [5.41, 5.74) is 0.0544. The normalized spacial score (nSPS) is 23.8. The second-order valence-corrected chi connectivity index (χ2v) is 7.51. The third-order valence-corrected chi connectivity index (χ3v) is 5.53. The minimum atomic E-state index is -1.26. The zero-order chi connectivity index (χ0) is 18.7. The highest BCUT2D eigenvalue weighted by Gasteiger charge is 2.42.